The molecule has 3 nitrogen and oxygen atoms in total. The fraction of sp³-hybridized carbons (Fsp3) is 0.0444. The van der Waals surface area contributed by atoms with Crippen LogP contribution in [0.25, 0.3) is 77.4 Å². The van der Waals surface area contributed by atoms with Gasteiger partial charge in [0.15, 0.2) is 17.5 Å². The lowest BCUT2D eigenvalue weighted by atomic mass is 9.83. The molecule has 0 saturated heterocycles. The third kappa shape index (κ3) is 4.97. The van der Waals surface area contributed by atoms with Gasteiger partial charge in [0.1, 0.15) is 0 Å². The zero-order valence-electron chi connectivity index (χ0n) is 26.3. The Balaban J connectivity index is 1.20. The van der Waals surface area contributed by atoms with Crippen LogP contribution in [0, 0.1) is 0 Å². The van der Waals surface area contributed by atoms with Crippen LogP contribution >= 0.6 is 0 Å². The van der Waals surface area contributed by atoms with Crippen molar-refractivity contribution in [3.8, 4) is 33.9 Å². The van der Waals surface area contributed by atoms with Gasteiger partial charge in [-0.1, -0.05) is 158 Å². The molecular weight excluding hydrogens is 583 g/mol. The molecule has 9 rings (SSSR count). The maximum atomic E-state index is 5.00. The molecule has 3 heteroatoms. The summed E-state index contributed by atoms with van der Waals surface area (Å²) < 4.78 is 0. The van der Waals surface area contributed by atoms with Crippen molar-refractivity contribution in [3.63, 3.8) is 0 Å². The van der Waals surface area contributed by atoms with Crippen LogP contribution in [-0.2, 0) is 0 Å². The molecule has 0 radical (unpaired) electrons. The number of rotatable bonds is 5. The molecule has 0 amide bonds. The minimum Gasteiger partial charge on any atom is -0.209 e. The van der Waals surface area contributed by atoms with Gasteiger partial charge in [-0.25, -0.2) is 15.0 Å². The molecule has 0 N–H and O–H groups in total. The smallest absolute Gasteiger partial charge is 0.164 e. The van der Waals surface area contributed by atoms with Crippen LogP contribution < -0.4 is 0 Å². The molecule has 48 heavy (non-hydrogen) atoms. The van der Waals surface area contributed by atoms with Crippen LogP contribution in [0.4, 0.5) is 0 Å². The van der Waals surface area contributed by atoms with Crippen LogP contribution in [0.15, 0.2) is 164 Å². The number of hydrogen-bond acceptors (Lipinski definition) is 3. The van der Waals surface area contributed by atoms with Crippen LogP contribution in [0.3, 0.4) is 0 Å². The lowest BCUT2D eigenvalue weighted by Crippen LogP contribution is -2.04. The molecule has 8 aromatic rings. The Bertz CT molecular complexity index is 2430. The standard InChI is InChI=1S/C45H31N3/c1-3-14-32(15-4-1)43-46-44(33-16-5-2-6-17-33)48-45(47-43)34-26-24-31(25-27-34)41-37-19-9-11-21-39(37)42(40-22-12-10-20-38(40)41)36-28-23-30-13-7-8-18-35(30)29-36/h1-24,26,28-29H,25,27H2. The lowest BCUT2D eigenvalue weighted by Gasteiger charge is -2.21. The van der Waals surface area contributed by atoms with Gasteiger partial charge in [-0.3, -0.25) is 0 Å². The molecule has 0 saturated carbocycles. The van der Waals surface area contributed by atoms with E-state index in [0.717, 1.165) is 35.4 Å². The topological polar surface area (TPSA) is 38.7 Å². The number of benzene rings is 7. The van der Waals surface area contributed by atoms with Gasteiger partial charge in [0.25, 0.3) is 0 Å². The Labute approximate surface area is 279 Å². The molecule has 1 aliphatic rings. The molecule has 0 spiro atoms. The minimum atomic E-state index is 0.691. The van der Waals surface area contributed by atoms with Gasteiger partial charge in [0, 0.05) is 11.1 Å². The summed E-state index contributed by atoms with van der Waals surface area (Å²) in [5, 5.41) is 7.61. The van der Waals surface area contributed by atoms with E-state index in [1.54, 1.807) is 0 Å². The fourth-order valence-electron chi connectivity index (χ4n) is 7.11. The lowest BCUT2D eigenvalue weighted by molar-refractivity contribution is 0.986. The molecule has 0 aliphatic heterocycles. The first-order chi connectivity index (χ1) is 23.8. The minimum absolute atomic E-state index is 0.691. The predicted molar refractivity (Wildman–Crippen MR) is 200 cm³/mol. The second kappa shape index (κ2) is 11.9. The summed E-state index contributed by atoms with van der Waals surface area (Å²) in [6.07, 6.45) is 6.24. The second-order valence-electron chi connectivity index (χ2n) is 12.3. The van der Waals surface area contributed by atoms with Gasteiger partial charge in [0.05, 0.1) is 0 Å². The summed E-state index contributed by atoms with van der Waals surface area (Å²) in [5.74, 6) is 2.12. The van der Waals surface area contributed by atoms with E-state index in [9.17, 15) is 0 Å². The van der Waals surface area contributed by atoms with Gasteiger partial charge in [-0.15, -0.1) is 0 Å². The first-order valence-electron chi connectivity index (χ1n) is 16.5. The van der Waals surface area contributed by atoms with Crippen molar-refractivity contribution < 1.29 is 0 Å². The van der Waals surface area contributed by atoms with Gasteiger partial charge in [-0.2, -0.15) is 0 Å². The van der Waals surface area contributed by atoms with Crippen molar-refractivity contribution in [2.24, 2.45) is 0 Å². The first-order valence-corrected chi connectivity index (χ1v) is 16.5. The van der Waals surface area contributed by atoms with Crippen LogP contribution in [0.2, 0.25) is 0 Å². The summed E-state index contributed by atoms with van der Waals surface area (Å²) in [6, 6.07) is 53.6. The van der Waals surface area contributed by atoms with E-state index >= 15 is 0 Å². The van der Waals surface area contributed by atoms with Gasteiger partial charge in [-0.05, 0) is 79.1 Å². The number of nitrogens with zero attached hydrogens (tertiary/aromatic N) is 3. The average molecular weight is 614 g/mol. The van der Waals surface area contributed by atoms with E-state index in [1.807, 2.05) is 36.4 Å². The molecule has 1 aromatic heterocycles. The Kier molecular flexibility index (Phi) is 6.94. The number of aromatic nitrogens is 3. The Hall–Kier alpha value is -6.19. The second-order valence-corrected chi connectivity index (χ2v) is 12.3. The quantitative estimate of drug-likeness (QED) is 0.181. The van der Waals surface area contributed by atoms with Gasteiger partial charge >= 0.3 is 0 Å². The molecule has 0 atom stereocenters. The summed E-state index contributed by atoms with van der Waals surface area (Å²) in [6.45, 7) is 0. The SMILES string of the molecule is C1=C(c2nc(-c3ccccc3)nc(-c3ccccc3)n2)CCC(c2c3ccccc3c(-c3ccc4ccccc4c3)c3ccccc23)=C1. The van der Waals surface area contributed by atoms with E-state index in [4.69, 9.17) is 15.0 Å². The average Bonchev–Trinajstić information content (AvgIpc) is 3.17. The molecule has 1 heterocycles. The summed E-state index contributed by atoms with van der Waals surface area (Å²) in [4.78, 5) is 14.9. The highest BCUT2D eigenvalue weighted by Crippen LogP contribution is 2.44. The number of fused-ring (bicyclic) bond motifs is 3. The molecule has 0 bridgehead atoms. The van der Waals surface area contributed by atoms with Gasteiger partial charge < -0.3 is 0 Å². The van der Waals surface area contributed by atoms with Crippen LogP contribution in [0.1, 0.15) is 24.2 Å². The normalized spacial score (nSPS) is 13.1. The van der Waals surface area contributed by atoms with Crippen LogP contribution in [-0.4, -0.2) is 15.0 Å². The first kappa shape index (κ1) is 28.1. The summed E-state index contributed by atoms with van der Waals surface area (Å²) in [7, 11) is 0. The van der Waals surface area contributed by atoms with E-state index < -0.39 is 0 Å². The van der Waals surface area contributed by atoms with E-state index in [1.165, 1.54) is 54.6 Å². The van der Waals surface area contributed by atoms with Crippen molar-refractivity contribution in [3.05, 3.63) is 175 Å². The Morgan fingerprint density at radius 3 is 1.35 bits per heavy atom. The molecule has 1 aliphatic carbocycles. The zero-order chi connectivity index (χ0) is 31.9. The number of hydrogen-bond donors (Lipinski definition) is 0. The summed E-state index contributed by atoms with van der Waals surface area (Å²) >= 11 is 0. The third-order valence-electron chi connectivity index (χ3n) is 9.43. The highest BCUT2D eigenvalue weighted by atomic mass is 15.0. The van der Waals surface area contributed by atoms with E-state index in [0.29, 0.717) is 11.6 Å². The largest absolute Gasteiger partial charge is 0.209 e. The maximum Gasteiger partial charge on any atom is 0.164 e. The third-order valence-corrected chi connectivity index (χ3v) is 9.43. The Morgan fingerprint density at radius 2 is 0.792 bits per heavy atom. The monoisotopic (exact) mass is 613 g/mol. The predicted octanol–water partition coefficient (Wildman–Crippen LogP) is 11.6. The molecule has 0 fully saturated rings. The van der Waals surface area contributed by atoms with E-state index in [-0.39, 0.29) is 0 Å². The van der Waals surface area contributed by atoms with Crippen molar-refractivity contribution >= 4 is 43.5 Å². The highest BCUT2D eigenvalue weighted by molar-refractivity contribution is 6.19. The molecular formula is C45H31N3. The molecule has 0 unspecified atom stereocenters. The molecule has 226 valence electrons. The maximum absolute atomic E-state index is 5.00. The zero-order valence-corrected chi connectivity index (χ0v) is 26.3. The fourth-order valence-corrected chi connectivity index (χ4v) is 7.11. The van der Waals surface area contributed by atoms with E-state index in [2.05, 4.69) is 127 Å². The van der Waals surface area contributed by atoms with Crippen molar-refractivity contribution in [2.75, 3.05) is 0 Å². The van der Waals surface area contributed by atoms with Gasteiger partial charge in [0.2, 0.25) is 0 Å². The van der Waals surface area contributed by atoms with Crippen molar-refractivity contribution in [2.45, 2.75) is 12.8 Å². The molecule has 7 aromatic carbocycles. The number of allylic oxidation sites excluding steroid dienone is 4. The van der Waals surface area contributed by atoms with Crippen molar-refractivity contribution in [1.29, 1.82) is 0 Å². The Morgan fingerprint density at radius 1 is 0.333 bits per heavy atom. The van der Waals surface area contributed by atoms with Crippen molar-refractivity contribution in [1.82, 2.24) is 15.0 Å². The summed E-state index contributed by atoms with van der Waals surface area (Å²) in [5.41, 5.74) is 8.26. The highest BCUT2D eigenvalue weighted by Gasteiger charge is 2.21. The van der Waals surface area contributed by atoms with Crippen LogP contribution in [0.5, 0.6) is 0 Å².